The molecule has 1 atom stereocenters. The molecule has 1 aliphatic heterocycles. The molecule has 1 saturated heterocycles. The summed E-state index contributed by atoms with van der Waals surface area (Å²) in [6, 6.07) is 9.47. The van der Waals surface area contributed by atoms with Gasteiger partial charge in [0.1, 0.15) is 5.82 Å². The summed E-state index contributed by atoms with van der Waals surface area (Å²) >= 11 is 3.59. The fourth-order valence-electron chi connectivity index (χ4n) is 3.49. The van der Waals surface area contributed by atoms with Gasteiger partial charge in [-0.1, -0.05) is 0 Å². The van der Waals surface area contributed by atoms with Crippen LogP contribution < -0.4 is 16.4 Å². The maximum absolute atomic E-state index is 8.75. The first-order chi connectivity index (χ1) is 14.0. The topological polar surface area (TPSA) is 118 Å². The highest BCUT2D eigenvalue weighted by Crippen LogP contribution is 2.28. The van der Waals surface area contributed by atoms with E-state index < -0.39 is 0 Å². The average Bonchev–Trinajstić information content (AvgIpc) is 2.74. The molecule has 0 amide bonds. The zero-order valence-corrected chi connectivity index (χ0v) is 17.4. The molecule has 148 valence electrons. The molecule has 4 rings (SSSR count). The van der Waals surface area contributed by atoms with Crippen molar-refractivity contribution in [1.82, 2.24) is 15.0 Å². The molecule has 1 fully saturated rings. The number of hydrogen-bond donors (Lipinski definition) is 3. The van der Waals surface area contributed by atoms with Crippen LogP contribution in [0.15, 0.2) is 53.4 Å². The van der Waals surface area contributed by atoms with Crippen molar-refractivity contribution in [3.63, 3.8) is 0 Å². The van der Waals surface area contributed by atoms with E-state index in [9.17, 15) is 0 Å². The van der Waals surface area contributed by atoms with Crippen LogP contribution in [0.5, 0.6) is 0 Å². The minimum atomic E-state index is 0.137. The number of halogens is 1. The quantitative estimate of drug-likeness (QED) is 0.524. The lowest BCUT2D eigenvalue weighted by atomic mass is 10.0. The number of hydrogen-bond acceptors (Lipinski definition) is 7. The summed E-state index contributed by atoms with van der Waals surface area (Å²) in [6.07, 6.45) is 7.08. The van der Waals surface area contributed by atoms with Crippen molar-refractivity contribution in [2.75, 3.05) is 23.7 Å². The first-order valence-electron chi connectivity index (χ1n) is 9.45. The Bertz CT molecular complexity index is 1040. The number of pyridine rings is 3. The summed E-state index contributed by atoms with van der Waals surface area (Å²) in [7, 11) is 0. The van der Waals surface area contributed by atoms with E-state index in [4.69, 9.17) is 21.9 Å². The van der Waals surface area contributed by atoms with Gasteiger partial charge < -0.3 is 16.4 Å². The zero-order valence-electron chi connectivity index (χ0n) is 15.8. The second-order valence-corrected chi connectivity index (χ2v) is 7.98. The van der Waals surface area contributed by atoms with Crippen molar-refractivity contribution >= 4 is 33.1 Å². The Morgan fingerprint density at radius 3 is 2.86 bits per heavy atom. The van der Waals surface area contributed by atoms with Gasteiger partial charge >= 0.3 is 0 Å². The van der Waals surface area contributed by atoms with E-state index in [0.717, 1.165) is 41.8 Å². The van der Waals surface area contributed by atoms with Gasteiger partial charge in [0.25, 0.3) is 0 Å². The Kier molecular flexibility index (Phi) is 5.55. The smallest absolute Gasteiger partial charge is 0.143 e. The van der Waals surface area contributed by atoms with Gasteiger partial charge in [0.05, 0.1) is 33.5 Å². The van der Waals surface area contributed by atoms with Crippen LogP contribution in [0.25, 0.3) is 11.3 Å². The average molecular weight is 452 g/mol. The number of nitrogen functional groups attached to an aromatic ring is 1. The molecule has 7 nitrogen and oxygen atoms in total. The summed E-state index contributed by atoms with van der Waals surface area (Å²) in [5, 5.41) is 8.75. The van der Waals surface area contributed by atoms with Gasteiger partial charge in [-0.15, -0.1) is 0 Å². The summed E-state index contributed by atoms with van der Waals surface area (Å²) < 4.78 is 0.891. The van der Waals surface area contributed by atoms with Gasteiger partial charge in [0.15, 0.2) is 0 Å². The van der Waals surface area contributed by atoms with Gasteiger partial charge in [-0.25, -0.2) is 4.98 Å². The van der Waals surface area contributed by atoms with E-state index in [1.807, 2.05) is 30.3 Å². The zero-order chi connectivity index (χ0) is 20.4. The Morgan fingerprint density at radius 2 is 2.10 bits per heavy atom. The van der Waals surface area contributed by atoms with Gasteiger partial charge in [-0.3, -0.25) is 15.4 Å². The van der Waals surface area contributed by atoms with Gasteiger partial charge in [-0.05, 0) is 59.1 Å². The molecule has 8 heteroatoms. The molecule has 1 aliphatic rings. The van der Waals surface area contributed by atoms with Crippen molar-refractivity contribution in [3.05, 3.63) is 64.7 Å². The van der Waals surface area contributed by atoms with Crippen molar-refractivity contribution < 1.29 is 0 Å². The molecule has 0 spiro atoms. The number of nitrogens with one attached hydrogen (secondary N) is 1. The summed E-state index contributed by atoms with van der Waals surface area (Å²) in [5.74, 6) is 0.808. The molecule has 29 heavy (non-hydrogen) atoms. The Hall–Kier alpha value is -2.84. The van der Waals surface area contributed by atoms with Crippen LogP contribution in [-0.2, 0) is 0 Å². The lowest BCUT2D eigenvalue weighted by molar-refractivity contribution is 0.502. The minimum Gasteiger partial charge on any atom is -0.397 e. The van der Waals surface area contributed by atoms with Crippen LogP contribution in [0, 0.1) is 5.41 Å². The van der Waals surface area contributed by atoms with Gasteiger partial charge in [0.2, 0.25) is 0 Å². The predicted molar refractivity (Wildman–Crippen MR) is 119 cm³/mol. The fraction of sp³-hybridized carbons (Fsp3) is 0.238. The van der Waals surface area contributed by atoms with Crippen molar-refractivity contribution in [1.29, 1.82) is 5.41 Å². The Balaban J connectivity index is 1.69. The highest BCUT2D eigenvalue weighted by molar-refractivity contribution is 9.10. The lowest BCUT2D eigenvalue weighted by Crippen LogP contribution is -2.43. The van der Waals surface area contributed by atoms with Crippen molar-refractivity contribution in [2.24, 2.45) is 5.73 Å². The molecule has 0 aliphatic carbocycles. The van der Waals surface area contributed by atoms with E-state index in [-0.39, 0.29) is 11.8 Å². The van der Waals surface area contributed by atoms with E-state index in [1.165, 1.54) is 0 Å². The number of anilines is 2. The van der Waals surface area contributed by atoms with Crippen LogP contribution in [-0.4, -0.2) is 39.8 Å². The van der Waals surface area contributed by atoms with Gasteiger partial charge in [0, 0.05) is 42.7 Å². The van der Waals surface area contributed by atoms with Crippen LogP contribution in [0.3, 0.4) is 0 Å². The molecular weight excluding hydrogens is 430 g/mol. The SMILES string of the molecule is N=C(c1ccc(Br)c(N2CCC[C@H](N)C2)n1)c1cc(-c2cccnc2)ncc1N. The highest BCUT2D eigenvalue weighted by Gasteiger charge is 2.21. The summed E-state index contributed by atoms with van der Waals surface area (Å²) in [5.41, 5.74) is 15.7. The fourth-order valence-corrected chi connectivity index (χ4v) is 3.96. The molecule has 3 aromatic heterocycles. The first-order valence-corrected chi connectivity index (χ1v) is 10.2. The maximum Gasteiger partial charge on any atom is 0.143 e. The van der Waals surface area contributed by atoms with E-state index in [1.54, 1.807) is 18.6 Å². The number of piperidine rings is 1. The third-order valence-corrected chi connectivity index (χ3v) is 5.62. The minimum absolute atomic E-state index is 0.137. The van der Waals surface area contributed by atoms with Crippen LogP contribution in [0.2, 0.25) is 0 Å². The molecular formula is C21H22BrN7. The highest BCUT2D eigenvalue weighted by atomic mass is 79.9. The summed E-state index contributed by atoms with van der Waals surface area (Å²) in [6.45, 7) is 1.66. The molecule has 0 saturated carbocycles. The molecule has 4 heterocycles. The van der Waals surface area contributed by atoms with Crippen molar-refractivity contribution in [2.45, 2.75) is 18.9 Å². The predicted octanol–water partition coefficient (Wildman–Crippen LogP) is 3.23. The number of nitrogens with zero attached hydrogens (tertiary/aromatic N) is 4. The number of rotatable bonds is 4. The van der Waals surface area contributed by atoms with E-state index in [2.05, 4.69) is 30.8 Å². The molecule has 0 unspecified atom stereocenters. The maximum atomic E-state index is 8.75. The Morgan fingerprint density at radius 1 is 1.24 bits per heavy atom. The van der Waals surface area contributed by atoms with Crippen LogP contribution in [0.4, 0.5) is 11.5 Å². The monoisotopic (exact) mass is 451 g/mol. The standard InChI is InChI=1S/C21H22BrN7/c22-16-5-6-18(28-21(16)29-8-2-4-14(23)12-29)20(25)15-9-19(27-11-17(15)24)13-3-1-7-26-10-13/h1,3,5-7,9-11,14,25H,2,4,8,12,23-24H2/t14-/m0/s1. The third kappa shape index (κ3) is 4.13. The van der Waals surface area contributed by atoms with E-state index in [0.29, 0.717) is 22.6 Å². The second-order valence-electron chi connectivity index (χ2n) is 7.12. The normalized spacial score (nSPS) is 16.6. The van der Waals surface area contributed by atoms with Crippen LogP contribution >= 0.6 is 15.9 Å². The number of nitrogens with two attached hydrogens (primary N) is 2. The molecule has 0 radical (unpaired) electrons. The molecule has 3 aromatic rings. The van der Waals surface area contributed by atoms with Crippen LogP contribution in [0.1, 0.15) is 24.1 Å². The van der Waals surface area contributed by atoms with Crippen molar-refractivity contribution in [3.8, 4) is 11.3 Å². The third-order valence-electron chi connectivity index (χ3n) is 5.00. The largest absolute Gasteiger partial charge is 0.397 e. The molecule has 0 bridgehead atoms. The summed E-state index contributed by atoms with van der Waals surface area (Å²) in [4.78, 5) is 15.5. The lowest BCUT2D eigenvalue weighted by Gasteiger charge is -2.32. The van der Waals surface area contributed by atoms with E-state index >= 15 is 0 Å². The first kappa shape index (κ1) is 19.5. The second kappa shape index (κ2) is 8.26. The van der Waals surface area contributed by atoms with Gasteiger partial charge in [-0.2, -0.15) is 0 Å². The molecule has 0 aromatic carbocycles. The molecule has 5 N–H and O–H groups in total. The Labute approximate surface area is 177 Å². The number of aromatic nitrogens is 3.